The monoisotopic (exact) mass is 366 g/mol. The molecule has 1 aliphatic heterocycles. The van der Waals surface area contributed by atoms with Gasteiger partial charge < -0.3 is 9.32 Å². The van der Waals surface area contributed by atoms with Crippen molar-refractivity contribution >= 4 is 5.91 Å². The Kier molecular flexibility index (Phi) is 4.43. The van der Waals surface area contributed by atoms with Crippen LogP contribution in [0.1, 0.15) is 40.7 Å². The fourth-order valence-corrected chi connectivity index (χ4v) is 3.68. The maximum absolute atomic E-state index is 12.8. The first kappa shape index (κ1) is 17.3. The van der Waals surface area contributed by atoms with Crippen LogP contribution in [0.2, 0.25) is 0 Å². The van der Waals surface area contributed by atoms with Crippen LogP contribution >= 0.6 is 0 Å². The quantitative estimate of drug-likeness (QED) is 0.714. The number of para-hydroxylation sites is 1. The average Bonchev–Trinajstić information content (AvgIpc) is 3.25. The largest absolute Gasteiger partial charge is 0.459 e. The van der Waals surface area contributed by atoms with E-state index in [0.29, 0.717) is 24.7 Å². The molecule has 0 radical (unpaired) electrons. The molecule has 7 nitrogen and oxygen atoms in total. The van der Waals surface area contributed by atoms with Crippen molar-refractivity contribution in [2.45, 2.75) is 25.7 Å². The SMILES string of the molecule is Cc1ccoc1C(=O)N1CCC[C@@H](c2nn(C)c(=O)n2-c2ccccc2)C1. The molecular formula is C20H22N4O3. The van der Waals surface area contributed by atoms with E-state index in [2.05, 4.69) is 5.10 Å². The van der Waals surface area contributed by atoms with Crippen LogP contribution in [0.25, 0.3) is 5.69 Å². The van der Waals surface area contributed by atoms with E-state index in [4.69, 9.17) is 4.42 Å². The van der Waals surface area contributed by atoms with Crippen molar-refractivity contribution < 1.29 is 9.21 Å². The van der Waals surface area contributed by atoms with Crippen molar-refractivity contribution in [3.63, 3.8) is 0 Å². The molecular weight excluding hydrogens is 344 g/mol. The number of furan rings is 1. The maximum atomic E-state index is 12.8. The summed E-state index contributed by atoms with van der Waals surface area (Å²) in [5, 5.41) is 4.49. The lowest BCUT2D eigenvalue weighted by molar-refractivity contribution is 0.0670. The third-order valence-corrected chi connectivity index (χ3v) is 5.09. The second kappa shape index (κ2) is 6.90. The van der Waals surface area contributed by atoms with Crippen molar-refractivity contribution in [3.05, 3.63) is 70.3 Å². The smallest absolute Gasteiger partial charge is 0.350 e. The van der Waals surface area contributed by atoms with Crippen molar-refractivity contribution in [2.24, 2.45) is 7.05 Å². The predicted molar refractivity (Wildman–Crippen MR) is 100 cm³/mol. The van der Waals surface area contributed by atoms with Crippen molar-refractivity contribution in [1.82, 2.24) is 19.2 Å². The Morgan fingerprint density at radius 3 is 2.70 bits per heavy atom. The van der Waals surface area contributed by atoms with Gasteiger partial charge >= 0.3 is 5.69 Å². The van der Waals surface area contributed by atoms with E-state index in [1.807, 2.05) is 37.3 Å². The Balaban J connectivity index is 1.66. The summed E-state index contributed by atoms with van der Waals surface area (Å²) in [6.07, 6.45) is 3.27. The molecule has 1 saturated heterocycles. The highest BCUT2D eigenvalue weighted by Crippen LogP contribution is 2.28. The number of carbonyl (C=O) groups is 1. The van der Waals surface area contributed by atoms with Gasteiger partial charge in [0.15, 0.2) is 5.76 Å². The molecule has 3 heterocycles. The highest BCUT2D eigenvalue weighted by atomic mass is 16.3. The number of piperidine rings is 1. The molecule has 3 aromatic rings. The lowest BCUT2D eigenvalue weighted by Gasteiger charge is -2.32. The molecule has 0 aliphatic carbocycles. The summed E-state index contributed by atoms with van der Waals surface area (Å²) in [7, 11) is 1.66. The van der Waals surface area contributed by atoms with Crippen molar-refractivity contribution in [2.75, 3.05) is 13.1 Å². The van der Waals surface area contributed by atoms with E-state index in [-0.39, 0.29) is 17.5 Å². The average molecular weight is 366 g/mol. The first-order valence-corrected chi connectivity index (χ1v) is 9.11. The number of hydrogen-bond donors (Lipinski definition) is 0. The van der Waals surface area contributed by atoms with Gasteiger partial charge in [-0.3, -0.25) is 4.79 Å². The summed E-state index contributed by atoms with van der Waals surface area (Å²) in [6.45, 7) is 3.06. The van der Waals surface area contributed by atoms with E-state index >= 15 is 0 Å². The molecule has 0 spiro atoms. The minimum absolute atomic E-state index is 0.00734. The van der Waals surface area contributed by atoms with E-state index in [9.17, 15) is 9.59 Å². The van der Waals surface area contributed by atoms with E-state index in [0.717, 1.165) is 24.1 Å². The first-order valence-electron chi connectivity index (χ1n) is 9.11. The zero-order chi connectivity index (χ0) is 19.0. The molecule has 7 heteroatoms. The normalized spacial score (nSPS) is 17.3. The molecule has 0 N–H and O–H groups in total. The fraction of sp³-hybridized carbons (Fsp3) is 0.350. The number of carbonyl (C=O) groups excluding carboxylic acids is 1. The van der Waals surface area contributed by atoms with Crippen LogP contribution < -0.4 is 5.69 Å². The number of aromatic nitrogens is 3. The molecule has 1 atom stereocenters. The molecule has 1 aromatic carbocycles. The minimum atomic E-state index is -0.179. The molecule has 1 aliphatic rings. The van der Waals surface area contributed by atoms with Gasteiger partial charge in [-0.2, -0.15) is 5.10 Å². The van der Waals surface area contributed by atoms with Gasteiger partial charge in [-0.15, -0.1) is 0 Å². The molecule has 0 unspecified atom stereocenters. The van der Waals surface area contributed by atoms with Crippen molar-refractivity contribution in [1.29, 1.82) is 0 Å². The topological polar surface area (TPSA) is 73.3 Å². The summed E-state index contributed by atoms with van der Waals surface area (Å²) in [4.78, 5) is 27.3. The number of likely N-dealkylation sites (tertiary alicyclic amines) is 1. The summed E-state index contributed by atoms with van der Waals surface area (Å²) >= 11 is 0. The Labute approximate surface area is 156 Å². The Hall–Kier alpha value is -3.09. The molecule has 140 valence electrons. The zero-order valence-corrected chi connectivity index (χ0v) is 15.5. The molecule has 27 heavy (non-hydrogen) atoms. The minimum Gasteiger partial charge on any atom is -0.459 e. The van der Waals surface area contributed by atoms with Gasteiger partial charge in [-0.25, -0.2) is 14.0 Å². The van der Waals surface area contributed by atoms with Crippen LogP contribution in [0, 0.1) is 6.92 Å². The number of rotatable bonds is 3. The molecule has 0 bridgehead atoms. The predicted octanol–water partition coefficient (Wildman–Crippen LogP) is 2.49. The van der Waals surface area contributed by atoms with Crippen LogP contribution in [-0.4, -0.2) is 38.2 Å². The number of hydrogen-bond acceptors (Lipinski definition) is 4. The molecule has 0 saturated carbocycles. The Morgan fingerprint density at radius 2 is 2.00 bits per heavy atom. The zero-order valence-electron chi connectivity index (χ0n) is 15.5. The van der Waals surface area contributed by atoms with Crippen LogP contribution in [0.4, 0.5) is 0 Å². The number of amides is 1. The lowest BCUT2D eigenvalue weighted by Crippen LogP contribution is -2.40. The van der Waals surface area contributed by atoms with E-state index in [1.54, 1.807) is 22.6 Å². The Morgan fingerprint density at radius 1 is 1.22 bits per heavy atom. The highest BCUT2D eigenvalue weighted by molar-refractivity contribution is 5.92. The van der Waals surface area contributed by atoms with Crippen LogP contribution in [0.3, 0.4) is 0 Å². The Bertz CT molecular complexity index is 1020. The summed E-state index contributed by atoms with van der Waals surface area (Å²) in [6, 6.07) is 11.3. The van der Waals surface area contributed by atoms with Gasteiger partial charge in [-0.05, 0) is 38.0 Å². The van der Waals surface area contributed by atoms with Crippen LogP contribution in [0.15, 0.2) is 51.9 Å². The van der Waals surface area contributed by atoms with E-state index < -0.39 is 0 Å². The second-order valence-electron chi connectivity index (χ2n) is 6.96. The third kappa shape index (κ3) is 3.09. The lowest BCUT2D eigenvalue weighted by atomic mass is 9.96. The standard InChI is InChI=1S/C20H22N4O3/c1-14-10-12-27-17(14)19(25)23-11-6-7-15(13-23)18-21-22(2)20(26)24(18)16-8-4-3-5-9-16/h3-5,8-10,12,15H,6-7,11,13H2,1-2H3/t15-/m1/s1. The van der Waals surface area contributed by atoms with Gasteiger partial charge in [0.1, 0.15) is 5.82 Å². The van der Waals surface area contributed by atoms with Crippen LogP contribution in [-0.2, 0) is 7.05 Å². The first-order chi connectivity index (χ1) is 13.1. The molecule has 1 fully saturated rings. The summed E-state index contributed by atoms with van der Waals surface area (Å²) in [5.74, 6) is 0.971. The van der Waals surface area contributed by atoms with Crippen LogP contribution in [0.5, 0.6) is 0 Å². The summed E-state index contributed by atoms with van der Waals surface area (Å²) < 4.78 is 8.38. The van der Waals surface area contributed by atoms with E-state index in [1.165, 1.54) is 10.9 Å². The van der Waals surface area contributed by atoms with Gasteiger partial charge in [0.05, 0.1) is 12.0 Å². The van der Waals surface area contributed by atoms with Gasteiger partial charge in [0.25, 0.3) is 5.91 Å². The fourth-order valence-electron chi connectivity index (χ4n) is 3.68. The van der Waals surface area contributed by atoms with Gasteiger partial charge in [-0.1, -0.05) is 18.2 Å². The number of aryl methyl sites for hydroxylation is 2. The van der Waals surface area contributed by atoms with Gasteiger partial charge in [0.2, 0.25) is 0 Å². The molecule has 2 aromatic heterocycles. The maximum Gasteiger partial charge on any atom is 0.350 e. The number of benzene rings is 1. The third-order valence-electron chi connectivity index (χ3n) is 5.09. The van der Waals surface area contributed by atoms with Gasteiger partial charge in [0, 0.05) is 31.6 Å². The van der Waals surface area contributed by atoms with Crippen molar-refractivity contribution in [3.8, 4) is 5.69 Å². The molecule has 4 rings (SSSR count). The number of nitrogens with zero attached hydrogens (tertiary/aromatic N) is 4. The summed E-state index contributed by atoms with van der Waals surface area (Å²) in [5.41, 5.74) is 1.44. The molecule has 1 amide bonds. The second-order valence-corrected chi connectivity index (χ2v) is 6.96. The highest BCUT2D eigenvalue weighted by Gasteiger charge is 2.31.